The third-order valence-corrected chi connectivity index (χ3v) is 10.5. The highest BCUT2D eigenvalue weighted by molar-refractivity contribution is 6.32. The van der Waals surface area contributed by atoms with Crippen LogP contribution in [0.25, 0.3) is 0 Å². The first kappa shape index (κ1) is 29.3. The summed E-state index contributed by atoms with van der Waals surface area (Å²) in [6.07, 6.45) is 3.15. The summed E-state index contributed by atoms with van der Waals surface area (Å²) >= 11 is 6.35. The molecule has 6 atom stereocenters. The van der Waals surface area contributed by atoms with Gasteiger partial charge in [-0.25, -0.2) is 4.90 Å². The molecule has 3 aromatic carbocycles. The van der Waals surface area contributed by atoms with E-state index < -0.39 is 46.8 Å². The Balaban J connectivity index is 1.51. The van der Waals surface area contributed by atoms with E-state index in [9.17, 15) is 19.5 Å². The minimum atomic E-state index is -1.46. The summed E-state index contributed by atoms with van der Waals surface area (Å²) in [7, 11) is 1.46. The van der Waals surface area contributed by atoms with Crippen molar-refractivity contribution in [2.45, 2.75) is 37.5 Å². The number of phenols is 1. The SMILES string of the molecule is CCCN1C(=O)C2CC=C3C(CC4C(=O)N(c5cccc(Cl)c5)C(=O)C4(c4ccccc4)C3c3cccc(OC)c3O)C2C1=O. The van der Waals surface area contributed by atoms with E-state index in [4.69, 9.17) is 16.3 Å². The maximum atomic E-state index is 15.2. The summed E-state index contributed by atoms with van der Waals surface area (Å²) in [5, 5.41) is 12.0. The van der Waals surface area contributed by atoms with Crippen molar-refractivity contribution in [2.75, 3.05) is 18.6 Å². The van der Waals surface area contributed by atoms with E-state index in [1.807, 2.05) is 43.3 Å². The predicted molar refractivity (Wildman–Crippen MR) is 168 cm³/mol. The highest BCUT2D eigenvalue weighted by Crippen LogP contribution is 2.65. The number of hydrogen-bond donors (Lipinski definition) is 1. The fourth-order valence-electron chi connectivity index (χ4n) is 8.53. The van der Waals surface area contributed by atoms with Crippen LogP contribution < -0.4 is 9.64 Å². The lowest BCUT2D eigenvalue weighted by atomic mass is 9.49. The smallest absolute Gasteiger partial charge is 0.246 e. The zero-order valence-electron chi connectivity index (χ0n) is 25.0. The van der Waals surface area contributed by atoms with Crippen LogP contribution in [0, 0.1) is 23.7 Å². The molecule has 2 heterocycles. The number of phenolic OH excluding ortho intramolecular Hbond substituents is 1. The number of carbonyl (C=O) groups is 4. The second-order valence-corrected chi connectivity index (χ2v) is 12.8. The molecular formula is C36H33ClN2O6. The van der Waals surface area contributed by atoms with Crippen LogP contribution in [-0.4, -0.2) is 47.3 Å². The Labute approximate surface area is 266 Å². The lowest BCUT2D eigenvalue weighted by Gasteiger charge is -2.50. The van der Waals surface area contributed by atoms with Gasteiger partial charge in [-0.2, -0.15) is 0 Å². The number of carbonyl (C=O) groups excluding carboxylic acids is 4. The molecule has 45 heavy (non-hydrogen) atoms. The number of likely N-dealkylation sites (tertiary alicyclic amines) is 1. The maximum Gasteiger partial charge on any atom is 0.246 e. The van der Waals surface area contributed by atoms with Crippen LogP contribution >= 0.6 is 11.6 Å². The Bertz CT molecular complexity index is 1770. The zero-order valence-corrected chi connectivity index (χ0v) is 25.7. The third-order valence-electron chi connectivity index (χ3n) is 10.3. The lowest BCUT2D eigenvalue weighted by Crippen LogP contribution is -2.53. The van der Waals surface area contributed by atoms with Gasteiger partial charge in [-0.1, -0.05) is 78.7 Å². The minimum Gasteiger partial charge on any atom is -0.504 e. The molecule has 1 saturated carbocycles. The van der Waals surface area contributed by atoms with E-state index in [2.05, 4.69) is 0 Å². The third kappa shape index (κ3) is 4.04. The highest BCUT2D eigenvalue weighted by Gasteiger charge is 2.70. The molecule has 8 nitrogen and oxygen atoms in total. The van der Waals surface area contributed by atoms with E-state index in [0.717, 1.165) is 5.57 Å². The molecule has 3 fully saturated rings. The van der Waals surface area contributed by atoms with E-state index >= 15 is 4.79 Å². The van der Waals surface area contributed by atoms with Crippen molar-refractivity contribution in [3.8, 4) is 11.5 Å². The van der Waals surface area contributed by atoms with E-state index in [-0.39, 0.29) is 29.7 Å². The van der Waals surface area contributed by atoms with Crippen molar-refractivity contribution in [3.05, 3.63) is 101 Å². The topological polar surface area (TPSA) is 104 Å². The van der Waals surface area contributed by atoms with Gasteiger partial charge in [-0.05, 0) is 55.0 Å². The molecule has 0 spiro atoms. The summed E-state index contributed by atoms with van der Waals surface area (Å²) in [6, 6.07) is 21.0. The molecule has 4 aliphatic rings. The molecule has 2 aliphatic carbocycles. The number of amides is 4. The second-order valence-electron chi connectivity index (χ2n) is 12.3. The van der Waals surface area contributed by atoms with Gasteiger partial charge >= 0.3 is 0 Å². The highest BCUT2D eigenvalue weighted by atomic mass is 35.5. The average molecular weight is 625 g/mol. The molecule has 3 aromatic rings. The number of para-hydroxylation sites is 1. The number of nitrogens with zero attached hydrogens (tertiary/aromatic N) is 2. The van der Waals surface area contributed by atoms with Gasteiger partial charge in [0.1, 0.15) is 0 Å². The van der Waals surface area contributed by atoms with Crippen LogP contribution in [0.5, 0.6) is 11.5 Å². The molecule has 0 radical (unpaired) electrons. The van der Waals surface area contributed by atoms with Crippen LogP contribution in [-0.2, 0) is 24.6 Å². The lowest BCUT2D eigenvalue weighted by molar-refractivity contribution is -0.140. The molecule has 0 aromatic heterocycles. The number of aromatic hydroxyl groups is 1. The quantitative estimate of drug-likeness (QED) is 0.282. The van der Waals surface area contributed by atoms with Crippen molar-refractivity contribution in [3.63, 3.8) is 0 Å². The summed E-state index contributed by atoms with van der Waals surface area (Å²) in [4.78, 5) is 59.9. The Morgan fingerprint density at radius 2 is 1.69 bits per heavy atom. The molecule has 230 valence electrons. The number of rotatable bonds is 6. The number of halogens is 1. The van der Waals surface area contributed by atoms with E-state index in [1.54, 1.807) is 42.5 Å². The molecule has 0 bridgehead atoms. The fraction of sp³-hybridized carbons (Fsp3) is 0.333. The van der Waals surface area contributed by atoms with Gasteiger partial charge < -0.3 is 9.84 Å². The molecule has 6 unspecified atom stereocenters. The number of allylic oxidation sites excluding steroid dienone is 2. The summed E-state index contributed by atoms with van der Waals surface area (Å²) < 4.78 is 5.50. The van der Waals surface area contributed by atoms with Crippen molar-refractivity contribution in [1.82, 2.24) is 4.90 Å². The Morgan fingerprint density at radius 3 is 2.40 bits per heavy atom. The molecular weight excluding hydrogens is 592 g/mol. The Morgan fingerprint density at radius 1 is 0.933 bits per heavy atom. The first-order chi connectivity index (χ1) is 21.7. The number of fused-ring (bicyclic) bond motifs is 4. The Hall–Kier alpha value is -4.43. The van der Waals surface area contributed by atoms with Crippen molar-refractivity contribution < 1.29 is 29.0 Å². The van der Waals surface area contributed by atoms with Gasteiger partial charge in [0.25, 0.3) is 0 Å². The number of imide groups is 2. The number of anilines is 1. The van der Waals surface area contributed by atoms with Crippen molar-refractivity contribution in [1.29, 1.82) is 0 Å². The van der Waals surface area contributed by atoms with Crippen LogP contribution in [0.4, 0.5) is 5.69 Å². The summed E-state index contributed by atoms with van der Waals surface area (Å²) in [5.41, 5.74) is 0.733. The van der Waals surface area contributed by atoms with Crippen LogP contribution in [0.1, 0.15) is 43.2 Å². The summed E-state index contributed by atoms with van der Waals surface area (Å²) in [6.45, 7) is 2.26. The molecule has 7 rings (SSSR count). The number of ether oxygens (including phenoxy) is 1. The maximum absolute atomic E-state index is 15.2. The number of benzene rings is 3. The standard InChI is InChI=1S/C36H33ClN2O6/c1-3-17-38-32(41)24-16-15-23-26(29(24)34(38)43)19-27-33(42)39(22-12-7-11-21(37)18-22)35(44)36(27,20-9-5-4-6-10-20)30(23)25-13-8-14-28(45-2)31(25)40/h4-15,18,24,26-27,29-30,40H,3,16-17,19H2,1-2H3. The largest absolute Gasteiger partial charge is 0.504 e. The number of hydrogen-bond acceptors (Lipinski definition) is 6. The van der Waals surface area contributed by atoms with Gasteiger partial charge in [-0.15, -0.1) is 0 Å². The predicted octanol–water partition coefficient (Wildman–Crippen LogP) is 5.63. The van der Waals surface area contributed by atoms with Gasteiger partial charge in [-0.3, -0.25) is 24.1 Å². The molecule has 1 N–H and O–H groups in total. The van der Waals surface area contributed by atoms with Crippen LogP contribution in [0.15, 0.2) is 84.4 Å². The Kier molecular flexibility index (Phi) is 7.08. The van der Waals surface area contributed by atoms with Crippen LogP contribution in [0.2, 0.25) is 5.02 Å². The minimum absolute atomic E-state index is 0.134. The number of methoxy groups -OCH3 is 1. The first-order valence-electron chi connectivity index (χ1n) is 15.4. The van der Waals surface area contributed by atoms with Gasteiger partial charge in [0.15, 0.2) is 11.5 Å². The van der Waals surface area contributed by atoms with Crippen molar-refractivity contribution >= 4 is 40.9 Å². The molecule has 2 saturated heterocycles. The monoisotopic (exact) mass is 624 g/mol. The normalized spacial score (nSPS) is 29.0. The average Bonchev–Trinajstić information content (AvgIpc) is 3.42. The zero-order chi connectivity index (χ0) is 31.6. The van der Waals surface area contributed by atoms with Gasteiger partial charge in [0.2, 0.25) is 23.6 Å². The first-order valence-corrected chi connectivity index (χ1v) is 15.7. The van der Waals surface area contributed by atoms with E-state index in [1.165, 1.54) is 16.9 Å². The molecule has 9 heteroatoms. The van der Waals surface area contributed by atoms with E-state index in [0.29, 0.717) is 41.2 Å². The molecule has 2 aliphatic heterocycles. The van der Waals surface area contributed by atoms with Crippen molar-refractivity contribution in [2.24, 2.45) is 23.7 Å². The fourth-order valence-corrected chi connectivity index (χ4v) is 8.72. The second kappa shape index (κ2) is 10.9. The molecule has 4 amide bonds. The van der Waals surface area contributed by atoms with Gasteiger partial charge in [0.05, 0.1) is 36.0 Å². The summed E-state index contributed by atoms with van der Waals surface area (Å²) in [5.74, 6) is -4.55. The van der Waals surface area contributed by atoms with Crippen LogP contribution in [0.3, 0.4) is 0 Å². The van der Waals surface area contributed by atoms with Gasteiger partial charge in [0, 0.05) is 23.0 Å².